The molecule has 3 aromatic carbocycles. The van der Waals surface area contributed by atoms with Gasteiger partial charge in [0.05, 0.1) is 17.0 Å². The third-order valence-electron chi connectivity index (χ3n) is 4.60. The van der Waals surface area contributed by atoms with E-state index in [0.717, 1.165) is 17.3 Å². The highest BCUT2D eigenvalue weighted by Gasteiger charge is 2.34. The van der Waals surface area contributed by atoms with E-state index in [1.54, 1.807) is 54.6 Å². The van der Waals surface area contributed by atoms with Crippen LogP contribution >= 0.6 is 11.8 Å². The van der Waals surface area contributed by atoms with Gasteiger partial charge in [0, 0.05) is 0 Å². The Morgan fingerprint density at radius 1 is 0.844 bits per heavy atom. The predicted octanol–water partition coefficient (Wildman–Crippen LogP) is 5.02. The van der Waals surface area contributed by atoms with Gasteiger partial charge in [-0.25, -0.2) is 4.79 Å². The number of benzene rings is 3. The van der Waals surface area contributed by atoms with Gasteiger partial charge in [0.15, 0.2) is 0 Å². The number of thioether (sulfide) groups is 1. The summed E-state index contributed by atoms with van der Waals surface area (Å²) < 4.78 is 10.9. The van der Waals surface area contributed by atoms with Crippen molar-refractivity contribution in [3.05, 3.63) is 101 Å². The summed E-state index contributed by atoms with van der Waals surface area (Å²) in [5.74, 6) is 0.277. The molecule has 0 saturated carbocycles. The van der Waals surface area contributed by atoms with E-state index < -0.39 is 5.97 Å². The van der Waals surface area contributed by atoms with E-state index >= 15 is 0 Å². The van der Waals surface area contributed by atoms with Gasteiger partial charge >= 0.3 is 5.97 Å². The number of hydrogen-bond donors (Lipinski definition) is 0. The molecule has 160 valence electrons. The molecule has 3 aromatic rings. The Morgan fingerprint density at radius 2 is 1.50 bits per heavy atom. The Bertz CT molecular complexity index is 1140. The summed E-state index contributed by atoms with van der Waals surface area (Å²) in [6.07, 6.45) is 1.64. The van der Waals surface area contributed by atoms with E-state index in [-0.39, 0.29) is 24.3 Å². The number of ether oxygens (including phenoxy) is 2. The quantitative estimate of drug-likeness (QED) is 0.289. The van der Waals surface area contributed by atoms with Crippen molar-refractivity contribution in [2.45, 2.75) is 0 Å². The van der Waals surface area contributed by atoms with Gasteiger partial charge in [-0.1, -0.05) is 48.5 Å². The standard InChI is InChI=1S/C25H19NO5S/c27-23-22(32-25(29)26(23)15-16-30-20-9-5-2-6-10-20)17-18-11-13-21(14-12-18)31-24(28)19-7-3-1-4-8-19/h1-14,17H,15-16H2/b22-17-. The summed E-state index contributed by atoms with van der Waals surface area (Å²) in [7, 11) is 0. The maximum Gasteiger partial charge on any atom is 0.343 e. The topological polar surface area (TPSA) is 72.9 Å². The predicted molar refractivity (Wildman–Crippen MR) is 122 cm³/mol. The number of carbonyl (C=O) groups is 3. The van der Waals surface area contributed by atoms with Crippen LogP contribution < -0.4 is 9.47 Å². The molecule has 0 unspecified atom stereocenters. The average Bonchev–Trinajstić information content (AvgIpc) is 3.09. The summed E-state index contributed by atoms with van der Waals surface area (Å²) in [6.45, 7) is 0.391. The van der Waals surface area contributed by atoms with Crippen molar-refractivity contribution >= 4 is 35.0 Å². The Labute approximate surface area is 189 Å². The summed E-state index contributed by atoms with van der Waals surface area (Å²) in [4.78, 5) is 38.5. The molecule has 0 spiro atoms. The minimum absolute atomic E-state index is 0.172. The van der Waals surface area contributed by atoms with Crippen LogP contribution in [0.2, 0.25) is 0 Å². The number of nitrogens with zero attached hydrogens (tertiary/aromatic N) is 1. The van der Waals surface area contributed by atoms with Crippen LogP contribution in [0.25, 0.3) is 6.08 Å². The largest absolute Gasteiger partial charge is 0.492 e. The zero-order valence-electron chi connectivity index (χ0n) is 17.0. The zero-order valence-corrected chi connectivity index (χ0v) is 17.8. The van der Waals surface area contributed by atoms with Crippen LogP contribution in [0, 0.1) is 0 Å². The number of carbonyl (C=O) groups excluding carboxylic acids is 3. The minimum atomic E-state index is -0.447. The second-order valence-corrected chi connectivity index (χ2v) is 7.81. The molecule has 4 rings (SSSR count). The molecule has 0 atom stereocenters. The lowest BCUT2D eigenvalue weighted by atomic mass is 10.2. The molecule has 0 aromatic heterocycles. The average molecular weight is 445 g/mol. The van der Waals surface area contributed by atoms with Crippen molar-refractivity contribution in [1.29, 1.82) is 0 Å². The van der Waals surface area contributed by atoms with Crippen molar-refractivity contribution in [1.82, 2.24) is 4.90 Å². The van der Waals surface area contributed by atoms with Crippen LogP contribution in [-0.2, 0) is 4.79 Å². The smallest absolute Gasteiger partial charge is 0.343 e. The molecule has 0 N–H and O–H groups in total. The van der Waals surface area contributed by atoms with Crippen molar-refractivity contribution in [2.75, 3.05) is 13.2 Å². The Kier molecular flexibility index (Phi) is 6.67. The first-order valence-electron chi connectivity index (χ1n) is 9.91. The highest BCUT2D eigenvalue weighted by Crippen LogP contribution is 2.32. The van der Waals surface area contributed by atoms with Gasteiger partial charge in [-0.3, -0.25) is 14.5 Å². The van der Waals surface area contributed by atoms with Crippen LogP contribution in [0.1, 0.15) is 15.9 Å². The molecular formula is C25H19NO5S. The minimum Gasteiger partial charge on any atom is -0.492 e. The molecule has 32 heavy (non-hydrogen) atoms. The molecule has 0 bridgehead atoms. The number of para-hydroxylation sites is 1. The molecule has 6 nitrogen and oxygen atoms in total. The van der Waals surface area contributed by atoms with Gasteiger partial charge in [-0.15, -0.1) is 0 Å². The van der Waals surface area contributed by atoms with Crippen molar-refractivity contribution < 1.29 is 23.9 Å². The van der Waals surface area contributed by atoms with E-state index in [0.29, 0.717) is 22.0 Å². The van der Waals surface area contributed by atoms with Crippen LogP contribution in [0.4, 0.5) is 4.79 Å². The molecular weight excluding hydrogens is 426 g/mol. The molecule has 1 fully saturated rings. The van der Waals surface area contributed by atoms with Gasteiger partial charge in [0.25, 0.3) is 11.1 Å². The SMILES string of the molecule is O=C(Oc1ccc(/C=C2\SC(=O)N(CCOc3ccccc3)C2=O)cc1)c1ccccc1. The van der Waals surface area contributed by atoms with Gasteiger partial charge < -0.3 is 9.47 Å². The van der Waals surface area contributed by atoms with E-state index in [1.807, 2.05) is 36.4 Å². The monoisotopic (exact) mass is 445 g/mol. The first-order chi connectivity index (χ1) is 15.6. The van der Waals surface area contributed by atoms with Crippen molar-refractivity contribution in [2.24, 2.45) is 0 Å². The highest BCUT2D eigenvalue weighted by atomic mass is 32.2. The third kappa shape index (κ3) is 5.25. The fourth-order valence-electron chi connectivity index (χ4n) is 2.99. The van der Waals surface area contributed by atoms with E-state index in [1.165, 1.54) is 4.90 Å². The first-order valence-corrected chi connectivity index (χ1v) is 10.7. The van der Waals surface area contributed by atoms with E-state index in [9.17, 15) is 14.4 Å². The number of imide groups is 1. The van der Waals surface area contributed by atoms with Crippen LogP contribution in [0.15, 0.2) is 89.8 Å². The number of rotatable bonds is 7. The second kappa shape index (κ2) is 9.98. The lowest BCUT2D eigenvalue weighted by molar-refractivity contribution is -0.123. The van der Waals surface area contributed by atoms with Crippen LogP contribution in [0.5, 0.6) is 11.5 Å². The molecule has 1 aliphatic rings. The first kappa shape index (κ1) is 21.4. The molecule has 7 heteroatoms. The van der Waals surface area contributed by atoms with E-state index in [2.05, 4.69) is 0 Å². The number of esters is 1. The normalized spacial score (nSPS) is 14.6. The van der Waals surface area contributed by atoms with Gasteiger partial charge in [0.2, 0.25) is 0 Å². The van der Waals surface area contributed by atoms with Crippen molar-refractivity contribution in [3.63, 3.8) is 0 Å². The lowest BCUT2D eigenvalue weighted by Crippen LogP contribution is -2.32. The lowest BCUT2D eigenvalue weighted by Gasteiger charge is -2.13. The zero-order chi connectivity index (χ0) is 22.3. The fourth-order valence-corrected chi connectivity index (χ4v) is 3.85. The molecule has 1 saturated heterocycles. The molecule has 1 heterocycles. The summed E-state index contributed by atoms with van der Waals surface area (Å²) >= 11 is 0.893. The summed E-state index contributed by atoms with van der Waals surface area (Å²) in [6, 6.07) is 24.7. The molecule has 1 aliphatic heterocycles. The summed E-state index contributed by atoms with van der Waals surface area (Å²) in [5, 5.41) is -0.327. The molecule has 0 radical (unpaired) electrons. The van der Waals surface area contributed by atoms with Crippen LogP contribution in [-0.4, -0.2) is 35.2 Å². The Hall–Kier alpha value is -3.84. The highest BCUT2D eigenvalue weighted by molar-refractivity contribution is 8.18. The van der Waals surface area contributed by atoms with Gasteiger partial charge in [0.1, 0.15) is 18.1 Å². The summed E-state index contributed by atoms with van der Waals surface area (Å²) in [5.41, 5.74) is 1.18. The number of hydrogen-bond acceptors (Lipinski definition) is 6. The second-order valence-electron chi connectivity index (χ2n) is 6.82. The van der Waals surface area contributed by atoms with Gasteiger partial charge in [-0.2, -0.15) is 0 Å². The fraction of sp³-hybridized carbons (Fsp3) is 0.0800. The number of amides is 2. The maximum absolute atomic E-state index is 12.6. The van der Waals surface area contributed by atoms with Crippen molar-refractivity contribution in [3.8, 4) is 11.5 Å². The maximum atomic E-state index is 12.6. The van der Waals surface area contributed by atoms with Crippen LogP contribution in [0.3, 0.4) is 0 Å². The van der Waals surface area contributed by atoms with Gasteiger partial charge in [-0.05, 0) is 59.8 Å². The van der Waals surface area contributed by atoms with E-state index in [4.69, 9.17) is 9.47 Å². The Morgan fingerprint density at radius 3 is 2.19 bits per heavy atom. The Balaban J connectivity index is 1.35. The molecule has 2 amide bonds. The molecule has 0 aliphatic carbocycles. The third-order valence-corrected chi connectivity index (χ3v) is 5.51.